The highest BCUT2D eigenvalue weighted by Gasteiger charge is 2.40. The third-order valence-corrected chi connectivity index (χ3v) is 4.44. The zero-order chi connectivity index (χ0) is 15.8. The highest BCUT2D eigenvalue weighted by molar-refractivity contribution is 5.93. The van der Waals surface area contributed by atoms with Crippen LogP contribution < -0.4 is 0 Å². The normalized spacial score (nSPS) is 20.7. The predicted octanol–water partition coefficient (Wildman–Crippen LogP) is 4.78. The molecule has 0 radical (unpaired) electrons. The van der Waals surface area contributed by atoms with Gasteiger partial charge >= 0.3 is 5.97 Å². The summed E-state index contributed by atoms with van der Waals surface area (Å²) < 4.78 is 5.64. The van der Waals surface area contributed by atoms with Gasteiger partial charge in [0.15, 0.2) is 0 Å². The van der Waals surface area contributed by atoms with E-state index in [4.69, 9.17) is 4.74 Å². The van der Waals surface area contributed by atoms with Crippen molar-refractivity contribution < 1.29 is 9.53 Å². The molecule has 112 valence electrons. The fourth-order valence-electron chi connectivity index (χ4n) is 3.25. The number of ether oxygens (including phenoxy) is 1. The molecular weight excluding hydrogens is 284 g/mol. The topological polar surface area (TPSA) is 26.3 Å². The van der Waals surface area contributed by atoms with E-state index in [9.17, 15) is 4.79 Å². The van der Waals surface area contributed by atoms with Crippen LogP contribution in [0.4, 0.5) is 0 Å². The van der Waals surface area contributed by atoms with Crippen LogP contribution in [-0.2, 0) is 9.53 Å². The Hall–Kier alpha value is -2.87. The fraction of sp³-hybridized carbons (Fsp3) is 0.0952. The van der Waals surface area contributed by atoms with Gasteiger partial charge in [-0.3, -0.25) is 0 Å². The number of hydrogen-bond acceptors (Lipinski definition) is 2. The maximum atomic E-state index is 12.1. The lowest BCUT2D eigenvalue weighted by atomic mass is 9.85. The number of benzene rings is 3. The molecule has 0 unspecified atom stereocenters. The Morgan fingerprint density at radius 1 is 0.783 bits per heavy atom. The zero-order valence-corrected chi connectivity index (χ0v) is 12.6. The Morgan fingerprint density at radius 2 is 1.48 bits per heavy atom. The number of cyclic esters (lactones) is 1. The number of rotatable bonds is 2. The van der Waals surface area contributed by atoms with Crippen LogP contribution in [0, 0.1) is 0 Å². The monoisotopic (exact) mass is 300 g/mol. The van der Waals surface area contributed by atoms with Crippen LogP contribution in [0.3, 0.4) is 0 Å². The van der Waals surface area contributed by atoms with E-state index in [-0.39, 0.29) is 18.0 Å². The Kier molecular flexibility index (Phi) is 3.23. The van der Waals surface area contributed by atoms with E-state index in [2.05, 4.69) is 30.8 Å². The van der Waals surface area contributed by atoms with E-state index in [1.54, 1.807) is 0 Å². The van der Waals surface area contributed by atoms with Gasteiger partial charge in [-0.1, -0.05) is 73.3 Å². The predicted molar refractivity (Wildman–Crippen MR) is 91.1 cm³/mol. The molecule has 3 aromatic carbocycles. The summed E-state index contributed by atoms with van der Waals surface area (Å²) in [5.41, 5.74) is 2.58. The summed E-state index contributed by atoms with van der Waals surface area (Å²) in [7, 11) is 0. The van der Waals surface area contributed by atoms with E-state index in [1.165, 1.54) is 5.39 Å². The third kappa shape index (κ3) is 2.33. The SMILES string of the molecule is C=C1C(=O)O[C@H](c2ccc3ccccc3c2)[C@@H]1c1ccccc1. The molecule has 3 aromatic rings. The van der Waals surface area contributed by atoms with E-state index in [0.717, 1.165) is 16.5 Å². The number of fused-ring (bicyclic) bond motifs is 1. The van der Waals surface area contributed by atoms with Crippen molar-refractivity contribution in [2.24, 2.45) is 0 Å². The van der Waals surface area contributed by atoms with Crippen molar-refractivity contribution in [2.75, 3.05) is 0 Å². The van der Waals surface area contributed by atoms with Gasteiger partial charge in [-0.05, 0) is 28.0 Å². The molecule has 2 heteroatoms. The minimum Gasteiger partial charge on any atom is -0.453 e. The van der Waals surface area contributed by atoms with Crippen LogP contribution >= 0.6 is 0 Å². The number of carbonyl (C=O) groups excluding carboxylic acids is 1. The smallest absolute Gasteiger partial charge is 0.334 e. The molecule has 0 spiro atoms. The van der Waals surface area contributed by atoms with E-state index in [0.29, 0.717) is 5.57 Å². The van der Waals surface area contributed by atoms with Crippen molar-refractivity contribution >= 4 is 16.7 Å². The summed E-state index contributed by atoms with van der Waals surface area (Å²) in [4.78, 5) is 12.1. The molecule has 0 aromatic heterocycles. The van der Waals surface area contributed by atoms with Crippen LogP contribution in [0.15, 0.2) is 84.9 Å². The summed E-state index contributed by atoms with van der Waals surface area (Å²) in [5.74, 6) is -0.443. The minimum atomic E-state index is -0.318. The fourth-order valence-corrected chi connectivity index (χ4v) is 3.25. The second kappa shape index (κ2) is 5.40. The highest BCUT2D eigenvalue weighted by atomic mass is 16.6. The van der Waals surface area contributed by atoms with E-state index in [1.807, 2.05) is 48.5 Å². The van der Waals surface area contributed by atoms with Gasteiger partial charge in [-0.25, -0.2) is 4.79 Å². The molecule has 0 saturated carbocycles. The van der Waals surface area contributed by atoms with Gasteiger partial charge in [0.2, 0.25) is 0 Å². The van der Waals surface area contributed by atoms with Crippen LogP contribution in [0.25, 0.3) is 10.8 Å². The summed E-state index contributed by atoms with van der Waals surface area (Å²) in [6.07, 6.45) is -0.318. The largest absolute Gasteiger partial charge is 0.453 e. The molecule has 0 aliphatic carbocycles. The quantitative estimate of drug-likeness (QED) is 0.503. The molecule has 2 atom stereocenters. The van der Waals surface area contributed by atoms with Gasteiger partial charge in [0, 0.05) is 5.57 Å². The molecule has 1 fully saturated rings. The van der Waals surface area contributed by atoms with Crippen molar-refractivity contribution in [3.63, 3.8) is 0 Å². The van der Waals surface area contributed by atoms with Gasteiger partial charge in [0.25, 0.3) is 0 Å². The first-order valence-corrected chi connectivity index (χ1v) is 7.67. The van der Waals surface area contributed by atoms with Gasteiger partial charge in [0.05, 0.1) is 5.92 Å². The lowest BCUT2D eigenvalue weighted by Crippen LogP contribution is -2.07. The van der Waals surface area contributed by atoms with E-state index < -0.39 is 0 Å². The number of carbonyl (C=O) groups is 1. The third-order valence-electron chi connectivity index (χ3n) is 4.44. The lowest BCUT2D eigenvalue weighted by Gasteiger charge is -2.19. The molecule has 1 aliphatic heterocycles. The molecule has 0 amide bonds. The van der Waals surface area contributed by atoms with Crippen LogP contribution in [0.2, 0.25) is 0 Å². The van der Waals surface area contributed by atoms with Crippen molar-refractivity contribution in [3.8, 4) is 0 Å². The maximum absolute atomic E-state index is 12.1. The summed E-state index contributed by atoms with van der Waals surface area (Å²) in [6.45, 7) is 3.96. The van der Waals surface area contributed by atoms with Gasteiger partial charge in [0.1, 0.15) is 6.10 Å². The van der Waals surface area contributed by atoms with Crippen molar-refractivity contribution in [1.29, 1.82) is 0 Å². The van der Waals surface area contributed by atoms with E-state index >= 15 is 0 Å². The molecule has 2 nitrogen and oxygen atoms in total. The van der Waals surface area contributed by atoms with Crippen molar-refractivity contribution in [1.82, 2.24) is 0 Å². The summed E-state index contributed by atoms with van der Waals surface area (Å²) in [5, 5.41) is 2.32. The summed E-state index contributed by atoms with van der Waals surface area (Å²) in [6, 6.07) is 24.3. The first-order valence-electron chi connectivity index (χ1n) is 7.67. The lowest BCUT2D eigenvalue weighted by molar-refractivity contribution is -0.139. The standard InChI is InChI=1S/C21H16O2/c1-14-19(16-8-3-2-4-9-16)20(23-21(14)22)18-12-11-15-7-5-6-10-17(15)13-18/h2-13,19-20H,1H2/t19-,20+/m0/s1. The minimum absolute atomic E-state index is 0.134. The number of esters is 1. The van der Waals surface area contributed by atoms with Gasteiger partial charge < -0.3 is 4.74 Å². The first kappa shape index (κ1) is 13.8. The average Bonchev–Trinajstić information content (AvgIpc) is 2.90. The second-order valence-corrected chi connectivity index (χ2v) is 5.85. The Morgan fingerprint density at radius 3 is 2.26 bits per heavy atom. The summed E-state index contributed by atoms with van der Waals surface area (Å²) >= 11 is 0. The van der Waals surface area contributed by atoms with Crippen LogP contribution in [-0.4, -0.2) is 5.97 Å². The van der Waals surface area contributed by atoms with Gasteiger partial charge in [-0.15, -0.1) is 0 Å². The average molecular weight is 300 g/mol. The Bertz CT molecular complexity index is 896. The Labute approximate surface area is 135 Å². The molecule has 1 heterocycles. The van der Waals surface area contributed by atoms with Crippen LogP contribution in [0.1, 0.15) is 23.1 Å². The van der Waals surface area contributed by atoms with Crippen molar-refractivity contribution in [2.45, 2.75) is 12.0 Å². The van der Waals surface area contributed by atoms with Crippen molar-refractivity contribution in [3.05, 3.63) is 96.1 Å². The van der Waals surface area contributed by atoms with Gasteiger partial charge in [-0.2, -0.15) is 0 Å². The molecule has 4 rings (SSSR count). The zero-order valence-electron chi connectivity index (χ0n) is 12.6. The molecule has 0 N–H and O–H groups in total. The molecule has 1 saturated heterocycles. The van der Waals surface area contributed by atoms with Crippen LogP contribution in [0.5, 0.6) is 0 Å². The molecule has 0 bridgehead atoms. The second-order valence-electron chi connectivity index (χ2n) is 5.85. The Balaban J connectivity index is 1.81. The molecular formula is C21H16O2. The molecule has 1 aliphatic rings. The maximum Gasteiger partial charge on any atom is 0.334 e. The first-order chi connectivity index (χ1) is 11.2. The number of hydrogen-bond donors (Lipinski definition) is 0. The molecule has 23 heavy (non-hydrogen) atoms. The highest BCUT2D eigenvalue weighted by Crippen LogP contribution is 2.45.